The van der Waals surface area contributed by atoms with Crippen molar-refractivity contribution in [1.29, 1.82) is 0 Å². The molecule has 1 aliphatic rings. The molecule has 0 aliphatic carbocycles. The number of phenols is 1. The molecule has 8 nitrogen and oxygen atoms in total. The molecule has 1 heterocycles. The predicted octanol–water partition coefficient (Wildman–Crippen LogP) is 2.06. The number of aliphatic hydroxyl groups is 3. The van der Waals surface area contributed by atoms with Gasteiger partial charge in [-0.05, 0) is 48.4 Å². The van der Waals surface area contributed by atoms with E-state index in [1.54, 1.807) is 51.3 Å². The van der Waals surface area contributed by atoms with E-state index >= 15 is 0 Å². The Hall–Kier alpha value is -2.91. The van der Waals surface area contributed by atoms with Gasteiger partial charge in [0.2, 0.25) is 6.29 Å². The summed E-state index contributed by atoms with van der Waals surface area (Å²) in [7, 11) is 1.56. The molecular weight excluding hydrogens is 416 g/mol. The maximum Gasteiger partial charge on any atom is 0.229 e. The standard InChI is InChI=1S/C24H28O8/c1-13-10-18(27)21(17(26)9-6-15-4-7-16(30-3)8-5-15)19(11-13)31-24-23(29)22(28)14(2)20(12-25)32-24/h4-11,14,20,22-25,27-29H,12H2,1-3H3/b9-6+. The zero-order valence-electron chi connectivity index (χ0n) is 18.1. The maximum absolute atomic E-state index is 12.9. The lowest BCUT2D eigenvalue weighted by Crippen LogP contribution is -2.56. The summed E-state index contributed by atoms with van der Waals surface area (Å²) in [5.41, 5.74) is 1.26. The highest BCUT2D eigenvalue weighted by molar-refractivity contribution is 6.10. The van der Waals surface area contributed by atoms with Gasteiger partial charge >= 0.3 is 0 Å². The number of phenolic OH excluding ortho intramolecular Hbond substituents is 1. The normalized spacial score (nSPS) is 25.6. The minimum atomic E-state index is -1.41. The topological polar surface area (TPSA) is 126 Å². The molecule has 0 saturated carbocycles. The molecule has 2 aromatic carbocycles. The molecule has 0 bridgehead atoms. The van der Waals surface area contributed by atoms with Crippen LogP contribution >= 0.6 is 0 Å². The van der Waals surface area contributed by atoms with Crippen LogP contribution in [0, 0.1) is 12.8 Å². The molecular formula is C24H28O8. The molecule has 8 heteroatoms. The van der Waals surface area contributed by atoms with Gasteiger partial charge in [-0.25, -0.2) is 0 Å². The van der Waals surface area contributed by atoms with Crippen molar-refractivity contribution >= 4 is 11.9 Å². The van der Waals surface area contributed by atoms with Crippen LogP contribution in [0.15, 0.2) is 42.5 Å². The summed E-state index contributed by atoms with van der Waals surface area (Å²) in [5.74, 6) is -0.652. The molecule has 0 spiro atoms. The Morgan fingerprint density at radius 3 is 2.47 bits per heavy atom. The van der Waals surface area contributed by atoms with Gasteiger partial charge in [-0.1, -0.05) is 25.1 Å². The predicted molar refractivity (Wildman–Crippen MR) is 117 cm³/mol. The van der Waals surface area contributed by atoms with Crippen molar-refractivity contribution in [1.82, 2.24) is 0 Å². The van der Waals surface area contributed by atoms with Crippen molar-refractivity contribution in [2.45, 2.75) is 38.4 Å². The van der Waals surface area contributed by atoms with Crippen LogP contribution in [0.4, 0.5) is 0 Å². The summed E-state index contributed by atoms with van der Waals surface area (Å²) < 4.78 is 16.4. The van der Waals surface area contributed by atoms with Crippen LogP contribution in [-0.4, -0.2) is 64.5 Å². The molecule has 2 aromatic rings. The summed E-state index contributed by atoms with van der Waals surface area (Å²) >= 11 is 0. The lowest BCUT2D eigenvalue weighted by atomic mass is 9.91. The number of ketones is 1. The van der Waals surface area contributed by atoms with Gasteiger partial charge in [0, 0.05) is 5.92 Å². The van der Waals surface area contributed by atoms with Crippen molar-refractivity contribution in [2.75, 3.05) is 13.7 Å². The number of rotatable bonds is 7. The van der Waals surface area contributed by atoms with E-state index in [2.05, 4.69) is 0 Å². The third-order valence-electron chi connectivity index (χ3n) is 5.50. The van der Waals surface area contributed by atoms with E-state index in [0.29, 0.717) is 11.3 Å². The third kappa shape index (κ3) is 5.11. The van der Waals surface area contributed by atoms with Crippen LogP contribution in [0.25, 0.3) is 6.08 Å². The molecule has 172 valence electrons. The third-order valence-corrected chi connectivity index (χ3v) is 5.50. The van der Waals surface area contributed by atoms with Crippen LogP contribution in [0.3, 0.4) is 0 Å². The Balaban J connectivity index is 1.87. The van der Waals surface area contributed by atoms with Crippen LogP contribution in [0.2, 0.25) is 0 Å². The number of aromatic hydroxyl groups is 1. The van der Waals surface area contributed by atoms with Gasteiger partial charge in [0.1, 0.15) is 28.9 Å². The van der Waals surface area contributed by atoms with Crippen LogP contribution in [0.1, 0.15) is 28.4 Å². The summed E-state index contributed by atoms with van der Waals surface area (Å²) in [6.45, 7) is 2.97. The van der Waals surface area contributed by atoms with E-state index in [-0.39, 0.29) is 23.7 Å². The van der Waals surface area contributed by atoms with E-state index in [9.17, 15) is 25.2 Å². The zero-order valence-corrected chi connectivity index (χ0v) is 18.1. The highest BCUT2D eigenvalue weighted by Crippen LogP contribution is 2.34. The number of aryl methyl sites for hydroxylation is 1. The second-order valence-corrected chi connectivity index (χ2v) is 7.81. The summed E-state index contributed by atoms with van der Waals surface area (Å²) in [4.78, 5) is 12.9. The number of ether oxygens (including phenoxy) is 3. The molecule has 4 N–H and O–H groups in total. The minimum absolute atomic E-state index is 0.00521. The maximum atomic E-state index is 12.9. The average molecular weight is 444 g/mol. The number of benzene rings is 2. The van der Waals surface area contributed by atoms with E-state index in [4.69, 9.17) is 14.2 Å². The minimum Gasteiger partial charge on any atom is -0.507 e. The largest absolute Gasteiger partial charge is 0.507 e. The fourth-order valence-corrected chi connectivity index (χ4v) is 3.55. The first-order valence-corrected chi connectivity index (χ1v) is 10.2. The van der Waals surface area contributed by atoms with E-state index < -0.39 is 36.3 Å². The smallest absolute Gasteiger partial charge is 0.229 e. The number of hydrogen-bond donors (Lipinski definition) is 4. The van der Waals surface area contributed by atoms with Crippen LogP contribution < -0.4 is 9.47 Å². The van der Waals surface area contributed by atoms with Crippen molar-refractivity contribution < 1.29 is 39.4 Å². The Kier molecular flexibility index (Phi) is 7.52. The summed E-state index contributed by atoms with van der Waals surface area (Å²) in [5, 5.41) is 40.6. The monoisotopic (exact) mass is 444 g/mol. The van der Waals surface area contributed by atoms with Crippen LogP contribution in [-0.2, 0) is 4.74 Å². The molecule has 3 rings (SSSR count). The van der Waals surface area contributed by atoms with Gasteiger partial charge < -0.3 is 34.6 Å². The number of allylic oxidation sites excluding steroid dienone is 1. The fourth-order valence-electron chi connectivity index (χ4n) is 3.55. The Morgan fingerprint density at radius 2 is 1.84 bits per heavy atom. The van der Waals surface area contributed by atoms with Gasteiger partial charge in [-0.15, -0.1) is 0 Å². The Bertz CT molecular complexity index is 967. The van der Waals surface area contributed by atoms with E-state index in [1.165, 1.54) is 18.2 Å². The Morgan fingerprint density at radius 1 is 1.16 bits per heavy atom. The fraction of sp³-hybridized carbons (Fsp3) is 0.375. The summed E-state index contributed by atoms with van der Waals surface area (Å²) in [6.07, 6.45) is -1.82. The molecule has 0 amide bonds. The quantitative estimate of drug-likeness (QED) is 0.378. The van der Waals surface area contributed by atoms with Crippen LogP contribution in [0.5, 0.6) is 17.2 Å². The molecule has 0 radical (unpaired) electrons. The first-order chi connectivity index (χ1) is 15.2. The molecule has 1 aliphatic heterocycles. The highest BCUT2D eigenvalue weighted by atomic mass is 16.7. The van der Waals surface area contributed by atoms with Gasteiger partial charge in [-0.2, -0.15) is 0 Å². The van der Waals surface area contributed by atoms with Gasteiger partial charge in [0.05, 0.1) is 25.9 Å². The number of carbonyl (C=O) groups excluding carboxylic acids is 1. The lowest BCUT2D eigenvalue weighted by Gasteiger charge is -2.40. The second-order valence-electron chi connectivity index (χ2n) is 7.81. The molecule has 5 unspecified atom stereocenters. The van der Waals surface area contributed by atoms with Crippen molar-refractivity contribution in [3.05, 3.63) is 59.2 Å². The van der Waals surface area contributed by atoms with Gasteiger partial charge in [-0.3, -0.25) is 4.79 Å². The first-order valence-electron chi connectivity index (χ1n) is 10.2. The van der Waals surface area contributed by atoms with E-state index in [0.717, 1.165) is 5.56 Å². The number of hydrogen-bond acceptors (Lipinski definition) is 8. The van der Waals surface area contributed by atoms with Gasteiger partial charge in [0.25, 0.3) is 0 Å². The van der Waals surface area contributed by atoms with Crippen molar-refractivity contribution in [3.8, 4) is 17.2 Å². The van der Waals surface area contributed by atoms with Crippen molar-refractivity contribution in [2.24, 2.45) is 5.92 Å². The highest BCUT2D eigenvalue weighted by Gasteiger charge is 2.43. The van der Waals surface area contributed by atoms with Crippen molar-refractivity contribution in [3.63, 3.8) is 0 Å². The number of methoxy groups -OCH3 is 1. The van der Waals surface area contributed by atoms with Gasteiger partial charge in [0.15, 0.2) is 5.78 Å². The molecule has 1 fully saturated rings. The molecule has 1 saturated heterocycles. The number of carbonyl (C=O) groups is 1. The second kappa shape index (κ2) is 10.1. The van der Waals surface area contributed by atoms with E-state index in [1.807, 2.05) is 0 Å². The summed E-state index contributed by atoms with van der Waals surface area (Å²) in [6, 6.07) is 10.0. The molecule has 32 heavy (non-hydrogen) atoms. The Labute approximate surface area is 186 Å². The molecule has 0 aromatic heterocycles. The SMILES string of the molecule is COc1ccc(/C=C/C(=O)c2c(O)cc(C)cc2OC2OC(CO)C(C)C(O)C2O)cc1. The first kappa shape index (κ1) is 23.7. The zero-order chi connectivity index (χ0) is 23.4. The molecule has 5 atom stereocenters. The average Bonchev–Trinajstić information content (AvgIpc) is 2.77. The number of aliphatic hydroxyl groups excluding tert-OH is 3. The lowest BCUT2D eigenvalue weighted by molar-refractivity contribution is -0.261.